The van der Waals surface area contributed by atoms with E-state index in [1.807, 2.05) is 29.3 Å². The zero-order valence-corrected chi connectivity index (χ0v) is 15.9. The van der Waals surface area contributed by atoms with Gasteiger partial charge in [0, 0.05) is 32.9 Å². The lowest BCUT2D eigenvalue weighted by atomic mass is 10.0. The van der Waals surface area contributed by atoms with Gasteiger partial charge < -0.3 is 9.80 Å². The molecule has 2 aromatic heterocycles. The summed E-state index contributed by atoms with van der Waals surface area (Å²) < 4.78 is 1.75. The van der Waals surface area contributed by atoms with Gasteiger partial charge in [0.1, 0.15) is 0 Å². The Morgan fingerprint density at radius 1 is 1.35 bits per heavy atom. The Morgan fingerprint density at radius 3 is 2.88 bits per heavy atom. The molecule has 6 heteroatoms. The van der Waals surface area contributed by atoms with Crippen LogP contribution in [0.1, 0.15) is 60.6 Å². The molecule has 0 radical (unpaired) electrons. The molecule has 0 aliphatic carbocycles. The van der Waals surface area contributed by atoms with E-state index in [-0.39, 0.29) is 11.8 Å². The molecule has 0 bridgehead atoms. The van der Waals surface area contributed by atoms with E-state index < -0.39 is 0 Å². The topological polar surface area (TPSA) is 57.9 Å². The monoisotopic (exact) mass is 356 g/mol. The predicted octanol–water partition coefficient (Wildman–Crippen LogP) is 3.08. The maximum absolute atomic E-state index is 13.1. The molecular formula is C20H28N4O2. The first kappa shape index (κ1) is 18.4. The standard InChI is InChI=1S/C20H28N4O2/c1-4-5-11-22(3)19(25)17-16-10-6-7-13-24(16)18(21-17)20(26)23-12-8-9-15(2)14-23/h6-7,10,13,15H,4-5,8-9,11-12,14H2,1-3H3. The second-order valence-electron chi connectivity index (χ2n) is 7.32. The van der Waals surface area contributed by atoms with Crippen LogP contribution in [-0.4, -0.2) is 57.7 Å². The van der Waals surface area contributed by atoms with Gasteiger partial charge in [-0.25, -0.2) is 4.98 Å². The molecule has 0 N–H and O–H groups in total. The number of pyridine rings is 1. The first-order chi connectivity index (χ1) is 12.5. The van der Waals surface area contributed by atoms with Crippen LogP contribution in [0.15, 0.2) is 24.4 Å². The van der Waals surface area contributed by atoms with E-state index in [0.717, 1.165) is 38.8 Å². The number of rotatable bonds is 5. The van der Waals surface area contributed by atoms with Gasteiger partial charge in [-0.2, -0.15) is 0 Å². The van der Waals surface area contributed by atoms with Crippen LogP contribution in [-0.2, 0) is 0 Å². The van der Waals surface area contributed by atoms with Gasteiger partial charge in [0.05, 0.1) is 5.52 Å². The number of piperidine rings is 1. The molecule has 140 valence electrons. The summed E-state index contributed by atoms with van der Waals surface area (Å²) in [5.41, 5.74) is 1.05. The van der Waals surface area contributed by atoms with Gasteiger partial charge in [-0.1, -0.05) is 26.3 Å². The van der Waals surface area contributed by atoms with Gasteiger partial charge in [0.15, 0.2) is 5.69 Å². The van der Waals surface area contributed by atoms with Crippen LogP contribution in [0.3, 0.4) is 0 Å². The molecule has 1 aliphatic rings. The summed E-state index contributed by atoms with van der Waals surface area (Å²) in [7, 11) is 1.79. The van der Waals surface area contributed by atoms with Gasteiger partial charge in [0.25, 0.3) is 11.8 Å². The smallest absolute Gasteiger partial charge is 0.290 e. The van der Waals surface area contributed by atoms with Crippen LogP contribution in [0, 0.1) is 5.92 Å². The lowest BCUT2D eigenvalue weighted by molar-refractivity contribution is 0.0669. The largest absolute Gasteiger partial charge is 0.340 e. The molecule has 3 rings (SSSR count). The van der Waals surface area contributed by atoms with E-state index in [4.69, 9.17) is 0 Å². The average Bonchev–Trinajstić information content (AvgIpc) is 3.04. The number of amides is 2. The quantitative estimate of drug-likeness (QED) is 0.827. The Labute approximate surface area is 154 Å². The van der Waals surface area contributed by atoms with Crippen LogP contribution >= 0.6 is 0 Å². The minimum absolute atomic E-state index is 0.0898. The molecule has 0 saturated carbocycles. The second-order valence-corrected chi connectivity index (χ2v) is 7.32. The SMILES string of the molecule is CCCCN(C)C(=O)c1nc(C(=O)N2CCCC(C)C2)n2ccccc12. The van der Waals surface area contributed by atoms with Gasteiger partial charge in [-0.15, -0.1) is 0 Å². The predicted molar refractivity (Wildman–Crippen MR) is 101 cm³/mol. The molecule has 1 fully saturated rings. The zero-order valence-electron chi connectivity index (χ0n) is 15.9. The Hall–Kier alpha value is -2.37. The van der Waals surface area contributed by atoms with Crippen LogP contribution in [0.2, 0.25) is 0 Å². The van der Waals surface area contributed by atoms with E-state index >= 15 is 0 Å². The lowest BCUT2D eigenvalue weighted by Crippen LogP contribution is -2.40. The van der Waals surface area contributed by atoms with Gasteiger partial charge in [-0.3, -0.25) is 14.0 Å². The number of hydrogen-bond acceptors (Lipinski definition) is 3. The van der Waals surface area contributed by atoms with Crippen molar-refractivity contribution in [3.05, 3.63) is 35.9 Å². The maximum Gasteiger partial charge on any atom is 0.290 e. The summed E-state index contributed by atoms with van der Waals surface area (Å²) in [4.78, 5) is 34.0. The summed E-state index contributed by atoms with van der Waals surface area (Å²) in [6, 6.07) is 5.58. The highest BCUT2D eigenvalue weighted by atomic mass is 16.2. The fourth-order valence-electron chi connectivity index (χ4n) is 3.54. The number of carbonyl (C=O) groups is 2. The van der Waals surface area contributed by atoms with E-state index in [1.54, 1.807) is 16.3 Å². The number of fused-ring (bicyclic) bond motifs is 1. The zero-order chi connectivity index (χ0) is 18.7. The summed E-state index contributed by atoms with van der Waals surface area (Å²) in [6.45, 7) is 6.46. The highest BCUT2D eigenvalue weighted by molar-refractivity contribution is 6.02. The number of hydrogen-bond donors (Lipinski definition) is 0. The summed E-state index contributed by atoms with van der Waals surface area (Å²) in [5, 5.41) is 0. The van der Waals surface area contributed by atoms with Gasteiger partial charge >= 0.3 is 0 Å². The third-order valence-corrected chi connectivity index (χ3v) is 5.08. The highest BCUT2D eigenvalue weighted by Crippen LogP contribution is 2.20. The molecule has 26 heavy (non-hydrogen) atoms. The van der Waals surface area contributed by atoms with Crippen molar-refractivity contribution in [1.82, 2.24) is 19.2 Å². The molecule has 2 amide bonds. The molecule has 2 aromatic rings. The van der Waals surface area contributed by atoms with Crippen molar-refractivity contribution in [3.8, 4) is 0 Å². The third-order valence-electron chi connectivity index (χ3n) is 5.08. The second kappa shape index (κ2) is 7.89. The molecular weight excluding hydrogens is 328 g/mol. The van der Waals surface area contributed by atoms with Crippen molar-refractivity contribution in [3.63, 3.8) is 0 Å². The van der Waals surface area contributed by atoms with E-state index in [9.17, 15) is 9.59 Å². The number of aromatic nitrogens is 2. The van der Waals surface area contributed by atoms with Crippen molar-refractivity contribution in [2.75, 3.05) is 26.7 Å². The van der Waals surface area contributed by atoms with E-state index in [2.05, 4.69) is 18.8 Å². The molecule has 6 nitrogen and oxygen atoms in total. The number of nitrogens with zero attached hydrogens (tertiary/aromatic N) is 4. The van der Waals surface area contributed by atoms with Crippen LogP contribution in [0.5, 0.6) is 0 Å². The van der Waals surface area contributed by atoms with Gasteiger partial charge in [-0.05, 0) is 37.3 Å². The van der Waals surface area contributed by atoms with Crippen molar-refractivity contribution >= 4 is 17.3 Å². The fourth-order valence-corrected chi connectivity index (χ4v) is 3.54. The summed E-state index contributed by atoms with van der Waals surface area (Å²) in [5.74, 6) is 0.614. The molecule has 0 spiro atoms. The Morgan fingerprint density at radius 2 is 2.15 bits per heavy atom. The van der Waals surface area contributed by atoms with E-state index in [0.29, 0.717) is 29.5 Å². The van der Waals surface area contributed by atoms with Crippen LogP contribution < -0.4 is 0 Å². The Balaban J connectivity index is 1.94. The summed E-state index contributed by atoms with van der Waals surface area (Å²) in [6.07, 6.45) is 5.95. The first-order valence-corrected chi connectivity index (χ1v) is 9.54. The highest BCUT2D eigenvalue weighted by Gasteiger charge is 2.28. The number of carbonyl (C=O) groups excluding carboxylic acids is 2. The third kappa shape index (κ3) is 3.59. The molecule has 0 aromatic carbocycles. The Bertz CT molecular complexity index is 798. The van der Waals surface area contributed by atoms with Crippen LogP contribution in [0.25, 0.3) is 5.52 Å². The Kier molecular flexibility index (Phi) is 5.59. The molecule has 1 atom stereocenters. The van der Waals surface area contributed by atoms with E-state index in [1.165, 1.54) is 0 Å². The number of imidazole rings is 1. The van der Waals surface area contributed by atoms with Crippen molar-refractivity contribution in [1.29, 1.82) is 0 Å². The molecule has 3 heterocycles. The number of likely N-dealkylation sites (tertiary alicyclic amines) is 1. The van der Waals surface area contributed by atoms with Gasteiger partial charge in [0.2, 0.25) is 5.82 Å². The average molecular weight is 356 g/mol. The maximum atomic E-state index is 13.1. The van der Waals surface area contributed by atoms with Crippen LogP contribution in [0.4, 0.5) is 0 Å². The fraction of sp³-hybridized carbons (Fsp3) is 0.550. The molecule has 1 aliphatic heterocycles. The molecule has 1 saturated heterocycles. The summed E-state index contributed by atoms with van der Waals surface area (Å²) >= 11 is 0. The molecule has 1 unspecified atom stereocenters. The number of unbranched alkanes of at least 4 members (excludes halogenated alkanes) is 1. The van der Waals surface area contributed by atoms with Crippen molar-refractivity contribution < 1.29 is 9.59 Å². The van der Waals surface area contributed by atoms with Crippen molar-refractivity contribution in [2.45, 2.75) is 39.5 Å². The first-order valence-electron chi connectivity index (χ1n) is 9.54. The lowest BCUT2D eigenvalue weighted by Gasteiger charge is -2.30. The van der Waals surface area contributed by atoms with Crippen molar-refractivity contribution in [2.24, 2.45) is 5.92 Å². The minimum atomic E-state index is -0.131. The minimum Gasteiger partial charge on any atom is -0.340 e. The normalized spacial score (nSPS) is 17.5.